The Labute approximate surface area is 207 Å². The number of hydrogen-bond acceptors (Lipinski definition) is 8. The number of amides is 4. The number of aryl methyl sites for hydroxylation is 1. The normalized spacial score (nSPS) is 15.4. The van der Waals surface area contributed by atoms with Gasteiger partial charge in [-0.3, -0.25) is 19.5 Å². The number of urea groups is 1. The van der Waals surface area contributed by atoms with E-state index in [2.05, 4.69) is 25.6 Å². The molecule has 1 aromatic carbocycles. The van der Waals surface area contributed by atoms with Crippen LogP contribution in [0.4, 0.5) is 40.8 Å². The van der Waals surface area contributed by atoms with Gasteiger partial charge in [0.2, 0.25) is 11.8 Å². The van der Waals surface area contributed by atoms with Gasteiger partial charge in [0.25, 0.3) is 5.91 Å². The number of pyridine rings is 1. The number of carbonyl (C=O) groups excluding carboxylic acids is 3. The number of nitrogens with one attached hydrogen (secondary N) is 2. The molecule has 5 rings (SSSR count). The first-order valence-corrected chi connectivity index (χ1v) is 11.0. The maximum atomic E-state index is 13.1. The lowest BCUT2D eigenvalue weighted by Crippen LogP contribution is -2.33. The van der Waals surface area contributed by atoms with Crippen LogP contribution in [-0.4, -0.2) is 45.9 Å². The quantitative estimate of drug-likeness (QED) is 0.496. The summed E-state index contributed by atoms with van der Waals surface area (Å²) in [5.74, 6) is -0.0326. The van der Waals surface area contributed by atoms with Crippen molar-refractivity contribution in [1.82, 2.24) is 15.0 Å². The molecule has 11 nitrogen and oxygen atoms in total. The van der Waals surface area contributed by atoms with Crippen molar-refractivity contribution in [3.05, 3.63) is 54.1 Å². The van der Waals surface area contributed by atoms with Gasteiger partial charge in [0.15, 0.2) is 5.82 Å². The van der Waals surface area contributed by atoms with Crippen LogP contribution >= 0.6 is 0 Å². The van der Waals surface area contributed by atoms with Crippen LogP contribution in [0.1, 0.15) is 18.1 Å². The van der Waals surface area contributed by atoms with Gasteiger partial charge in [-0.1, -0.05) is 6.92 Å². The van der Waals surface area contributed by atoms with Crippen molar-refractivity contribution in [3.8, 4) is 11.6 Å². The van der Waals surface area contributed by atoms with Crippen molar-refractivity contribution in [2.45, 2.75) is 19.5 Å². The summed E-state index contributed by atoms with van der Waals surface area (Å²) in [7, 11) is 0. The van der Waals surface area contributed by atoms with Crippen LogP contribution in [0.15, 0.2) is 43.0 Å². The summed E-state index contributed by atoms with van der Waals surface area (Å²) < 4.78 is 45.2. The Morgan fingerprint density at radius 2 is 1.89 bits per heavy atom. The Morgan fingerprint density at radius 1 is 1.08 bits per heavy atom. The molecule has 0 unspecified atom stereocenters. The highest BCUT2D eigenvalue weighted by Gasteiger charge is 2.40. The molecule has 2 aromatic heterocycles. The summed E-state index contributed by atoms with van der Waals surface area (Å²) in [4.78, 5) is 50.9. The number of nitrogens with zero attached hydrogens (tertiary/aromatic N) is 5. The molecule has 0 aliphatic carbocycles. The van der Waals surface area contributed by atoms with Gasteiger partial charge in [0, 0.05) is 6.20 Å². The molecule has 2 aliphatic rings. The minimum absolute atomic E-state index is 0.0212. The molecule has 0 saturated carbocycles. The lowest BCUT2D eigenvalue weighted by Gasteiger charge is -2.21. The number of halogens is 3. The van der Waals surface area contributed by atoms with E-state index in [0.29, 0.717) is 29.6 Å². The molecule has 0 atom stereocenters. The Morgan fingerprint density at radius 3 is 2.65 bits per heavy atom. The summed E-state index contributed by atoms with van der Waals surface area (Å²) in [6, 6.07) is 4.60. The minimum Gasteiger partial charge on any atom is -0.437 e. The zero-order valence-electron chi connectivity index (χ0n) is 19.2. The standard InChI is InChI=1S/C23H18F3N7O4/c1-2-12-5-14(3-4-16(12)37-21-19-20(29-11-30-21)31-17(34)9-28-19)33-18(35)10-32(22(33)36)15-6-13(7-27-8-15)23(24,25)26/h3-8,11,28H,2,9-10H2,1H3,(H,29,30,31,34). The highest BCUT2D eigenvalue weighted by atomic mass is 19.4. The monoisotopic (exact) mass is 513 g/mol. The van der Waals surface area contributed by atoms with E-state index in [1.54, 1.807) is 12.1 Å². The molecule has 37 heavy (non-hydrogen) atoms. The van der Waals surface area contributed by atoms with Crippen LogP contribution in [0.5, 0.6) is 11.6 Å². The molecule has 190 valence electrons. The van der Waals surface area contributed by atoms with E-state index >= 15 is 0 Å². The molecule has 0 spiro atoms. The molecule has 2 N–H and O–H groups in total. The van der Waals surface area contributed by atoms with Gasteiger partial charge in [0.1, 0.15) is 24.3 Å². The number of ether oxygens (including phenoxy) is 1. The number of benzene rings is 1. The van der Waals surface area contributed by atoms with Crippen molar-refractivity contribution in [2.75, 3.05) is 33.5 Å². The fourth-order valence-electron chi connectivity index (χ4n) is 3.92. The second-order valence-electron chi connectivity index (χ2n) is 8.08. The van der Waals surface area contributed by atoms with Crippen LogP contribution < -0.4 is 25.2 Å². The molecule has 4 amide bonds. The number of imide groups is 1. The van der Waals surface area contributed by atoms with E-state index in [1.165, 1.54) is 12.4 Å². The molecule has 0 radical (unpaired) electrons. The van der Waals surface area contributed by atoms with E-state index in [9.17, 15) is 27.6 Å². The first kappa shape index (κ1) is 24.0. The third kappa shape index (κ3) is 4.48. The number of carbonyl (C=O) groups is 3. The third-order valence-corrected chi connectivity index (χ3v) is 5.71. The second kappa shape index (κ2) is 9.04. The molecule has 1 fully saturated rings. The van der Waals surface area contributed by atoms with Crippen LogP contribution in [0.3, 0.4) is 0 Å². The summed E-state index contributed by atoms with van der Waals surface area (Å²) in [6.45, 7) is 1.42. The average Bonchev–Trinajstić information content (AvgIpc) is 3.17. The van der Waals surface area contributed by atoms with E-state index in [-0.39, 0.29) is 35.5 Å². The van der Waals surface area contributed by atoms with Crippen molar-refractivity contribution in [1.29, 1.82) is 0 Å². The largest absolute Gasteiger partial charge is 0.437 e. The van der Waals surface area contributed by atoms with Gasteiger partial charge in [-0.05, 0) is 36.2 Å². The highest BCUT2D eigenvalue weighted by molar-refractivity contribution is 6.27. The molecule has 2 aliphatic heterocycles. The number of alkyl halides is 3. The molecule has 14 heteroatoms. The Kier molecular flexibility index (Phi) is 5.85. The molecular weight excluding hydrogens is 495 g/mol. The van der Waals surface area contributed by atoms with Crippen LogP contribution in [0.2, 0.25) is 0 Å². The van der Waals surface area contributed by atoms with Gasteiger partial charge >= 0.3 is 12.2 Å². The predicted octanol–water partition coefficient (Wildman–Crippen LogP) is 3.58. The van der Waals surface area contributed by atoms with E-state index in [4.69, 9.17) is 4.74 Å². The fraction of sp³-hybridized carbons (Fsp3) is 0.217. The summed E-state index contributed by atoms with van der Waals surface area (Å²) in [5, 5.41) is 5.51. The van der Waals surface area contributed by atoms with Crippen molar-refractivity contribution >= 4 is 40.7 Å². The molecule has 4 heterocycles. The van der Waals surface area contributed by atoms with Gasteiger partial charge in [0.05, 0.1) is 29.7 Å². The summed E-state index contributed by atoms with van der Waals surface area (Å²) in [6.07, 6.45) is -1.21. The Hall–Kier alpha value is -4.75. The maximum absolute atomic E-state index is 13.1. The lowest BCUT2D eigenvalue weighted by atomic mass is 10.1. The zero-order valence-corrected chi connectivity index (χ0v) is 19.2. The number of rotatable bonds is 5. The Bertz CT molecular complexity index is 1430. The maximum Gasteiger partial charge on any atom is 0.417 e. The smallest absolute Gasteiger partial charge is 0.417 e. The number of hydrogen-bond donors (Lipinski definition) is 2. The molecule has 1 saturated heterocycles. The Balaban J connectivity index is 1.42. The number of aromatic nitrogens is 3. The lowest BCUT2D eigenvalue weighted by molar-refractivity contribution is -0.137. The number of fused-ring (bicyclic) bond motifs is 1. The SMILES string of the molecule is CCc1cc(N2C(=O)CN(c3cncc(C(F)(F)F)c3)C2=O)ccc1Oc1ncnc2c1NCC(=O)N2. The summed E-state index contributed by atoms with van der Waals surface area (Å²) in [5.41, 5.74) is 0.101. The average molecular weight is 513 g/mol. The molecule has 0 bridgehead atoms. The first-order chi connectivity index (χ1) is 17.7. The summed E-state index contributed by atoms with van der Waals surface area (Å²) >= 11 is 0. The second-order valence-corrected chi connectivity index (χ2v) is 8.08. The van der Waals surface area contributed by atoms with Crippen LogP contribution in [0.25, 0.3) is 0 Å². The molecule has 3 aromatic rings. The number of anilines is 4. The zero-order chi connectivity index (χ0) is 26.3. The topological polar surface area (TPSA) is 130 Å². The van der Waals surface area contributed by atoms with E-state index < -0.39 is 30.2 Å². The van der Waals surface area contributed by atoms with E-state index in [1.807, 2.05) is 6.92 Å². The fourth-order valence-corrected chi connectivity index (χ4v) is 3.92. The third-order valence-electron chi connectivity index (χ3n) is 5.71. The van der Waals surface area contributed by atoms with Crippen molar-refractivity contribution < 1.29 is 32.3 Å². The minimum atomic E-state index is -4.65. The van der Waals surface area contributed by atoms with E-state index in [0.717, 1.165) is 22.1 Å². The van der Waals surface area contributed by atoms with Gasteiger partial charge in [-0.2, -0.15) is 18.2 Å². The highest BCUT2D eigenvalue weighted by Crippen LogP contribution is 2.37. The first-order valence-electron chi connectivity index (χ1n) is 11.0. The van der Waals surface area contributed by atoms with Crippen LogP contribution in [-0.2, 0) is 22.2 Å². The predicted molar refractivity (Wildman–Crippen MR) is 125 cm³/mol. The van der Waals surface area contributed by atoms with Crippen molar-refractivity contribution in [3.63, 3.8) is 0 Å². The van der Waals surface area contributed by atoms with Gasteiger partial charge < -0.3 is 15.4 Å². The molecular formula is C23H18F3N7O4. The van der Waals surface area contributed by atoms with Crippen molar-refractivity contribution in [2.24, 2.45) is 0 Å². The van der Waals surface area contributed by atoms with Gasteiger partial charge in [-0.25, -0.2) is 14.7 Å². The van der Waals surface area contributed by atoms with Gasteiger partial charge in [-0.15, -0.1) is 0 Å². The van der Waals surface area contributed by atoms with Crippen LogP contribution in [0, 0.1) is 0 Å².